The molecular formula is C21H22ClN3O2. The standard InChI is InChI=1S/C21H22ClN3O2/c1-27-20-8-3-2-6-16(20)13-25-21(26)18-9-10-24(14-19(18)23-25)12-15-5-4-7-17(22)11-15/h2-8,11,18H,9-10,12-14H2,1H3. The van der Waals surface area contributed by atoms with Crippen LogP contribution in [0.15, 0.2) is 53.6 Å². The van der Waals surface area contributed by atoms with Crippen molar-refractivity contribution in [2.45, 2.75) is 19.5 Å². The normalized spacial score (nSPS) is 19.8. The number of fused-ring (bicyclic) bond motifs is 1. The molecule has 1 atom stereocenters. The number of para-hydroxylation sites is 1. The van der Waals surface area contributed by atoms with E-state index in [9.17, 15) is 4.79 Å². The maximum absolute atomic E-state index is 12.8. The summed E-state index contributed by atoms with van der Waals surface area (Å²) in [6.07, 6.45) is 0.806. The molecule has 1 saturated heterocycles. The Balaban J connectivity index is 1.46. The lowest BCUT2D eigenvalue weighted by Crippen LogP contribution is -2.41. The minimum Gasteiger partial charge on any atom is -0.496 e. The number of methoxy groups -OCH3 is 1. The third-order valence-corrected chi connectivity index (χ3v) is 5.37. The number of nitrogens with zero attached hydrogens (tertiary/aromatic N) is 3. The number of amides is 1. The molecule has 4 rings (SSSR count). The number of carbonyl (C=O) groups excluding carboxylic acids is 1. The number of benzene rings is 2. The molecule has 2 aromatic rings. The van der Waals surface area contributed by atoms with Crippen molar-refractivity contribution in [2.75, 3.05) is 20.2 Å². The summed E-state index contributed by atoms with van der Waals surface area (Å²) in [5.41, 5.74) is 3.10. The van der Waals surface area contributed by atoms with Crippen LogP contribution in [0.5, 0.6) is 5.75 Å². The number of hydrazone groups is 1. The van der Waals surface area contributed by atoms with Gasteiger partial charge in [-0.25, -0.2) is 5.01 Å². The molecule has 0 spiro atoms. The number of likely N-dealkylation sites (tertiary alicyclic amines) is 1. The molecule has 1 amide bonds. The van der Waals surface area contributed by atoms with Crippen LogP contribution in [0.2, 0.25) is 5.02 Å². The Morgan fingerprint density at radius 2 is 2.04 bits per heavy atom. The van der Waals surface area contributed by atoms with Crippen molar-refractivity contribution in [2.24, 2.45) is 11.0 Å². The molecule has 2 heterocycles. The predicted octanol–water partition coefficient (Wildman–Crippen LogP) is 3.57. The van der Waals surface area contributed by atoms with Gasteiger partial charge in [0.15, 0.2) is 0 Å². The highest BCUT2D eigenvalue weighted by Crippen LogP contribution is 2.28. The van der Waals surface area contributed by atoms with Crippen LogP contribution in [0.3, 0.4) is 0 Å². The van der Waals surface area contributed by atoms with Gasteiger partial charge < -0.3 is 4.74 Å². The smallest absolute Gasteiger partial charge is 0.251 e. The molecule has 2 aromatic carbocycles. The first kappa shape index (κ1) is 18.0. The second-order valence-corrected chi connectivity index (χ2v) is 7.42. The fourth-order valence-electron chi connectivity index (χ4n) is 3.78. The molecule has 0 saturated carbocycles. The van der Waals surface area contributed by atoms with E-state index in [-0.39, 0.29) is 11.8 Å². The third-order valence-electron chi connectivity index (χ3n) is 5.13. The first-order valence-electron chi connectivity index (χ1n) is 9.11. The Morgan fingerprint density at radius 1 is 1.19 bits per heavy atom. The molecule has 0 bridgehead atoms. The summed E-state index contributed by atoms with van der Waals surface area (Å²) in [4.78, 5) is 15.1. The van der Waals surface area contributed by atoms with E-state index >= 15 is 0 Å². The summed E-state index contributed by atoms with van der Waals surface area (Å²) >= 11 is 6.09. The average Bonchev–Trinajstić information content (AvgIpc) is 2.97. The molecule has 1 fully saturated rings. The summed E-state index contributed by atoms with van der Waals surface area (Å²) in [6.45, 7) is 2.85. The number of piperidine rings is 1. The molecule has 2 aliphatic rings. The van der Waals surface area contributed by atoms with Crippen molar-refractivity contribution in [3.63, 3.8) is 0 Å². The first-order valence-corrected chi connectivity index (χ1v) is 9.49. The van der Waals surface area contributed by atoms with Crippen LogP contribution >= 0.6 is 11.6 Å². The maximum Gasteiger partial charge on any atom is 0.251 e. The Kier molecular flexibility index (Phi) is 5.14. The molecule has 2 aliphatic heterocycles. The zero-order chi connectivity index (χ0) is 18.8. The summed E-state index contributed by atoms with van der Waals surface area (Å²) in [7, 11) is 1.64. The van der Waals surface area contributed by atoms with Crippen molar-refractivity contribution in [1.82, 2.24) is 9.91 Å². The van der Waals surface area contributed by atoms with E-state index in [2.05, 4.69) is 16.1 Å². The van der Waals surface area contributed by atoms with Gasteiger partial charge in [-0.3, -0.25) is 9.69 Å². The lowest BCUT2D eigenvalue weighted by atomic mass is 9.94. The predicted molar refractivity (Wildman–Crippen MR) is 106 cm³/mol. The quantitative estimate of drug-likeness (QED) is 0.792. The van der Waals surface area contributed by atoms with Crippen LogP contribution in [0.1, 0.15) is 17.5 Å². The van der Waals surface area contributed by atoms with Crippen LogP contribution in [0.4, 0.5) is 0 Å². The highest BCUT2D eigenvalue weighted by molar-refractivity contribution is 6.30. The lowest BCUT2D eigenvalue weighted by molar-refractivity contribution is -0.132. The summed E-state index contributed by atoms with van der Waals surface area (Å²) in [5.74, 6) is 0.789. The Bertz CT molecular complexity index is 883. The Labute approximate surface area is 164 Å². The number of halogens is 1. The Hall–Kier alpha value is -2.37. The minimum atomic E-state index is -0.0877. The van der Waals surface area contributed by atoms with Crippen molar-refractivity contribution >= 4 is 23.2 Å². The summed E-state index contributed by atoms with van der Waals surface area (Å²) in [5, 5.41) is 7.00. The molecular weight excluding hydrogens is 362 g/mol. The van der Waals surface area contributed by atoms with Gasteiger partial charge in [-0.2, -0.15) is 5.10 Å². The van der Waals surface area contributed by atoms with Crippen LogP contribution in [-0.2, 0) is 17.9 Å². The van der Waals surface area contributed by atoms with E-state index in [0.717, 1.165) is 41.6 Å². The van der Waals surface area contributed by atoms with Crippen molar-refractivity contribution < 1.29 is 9.53 Å². The molecule has 0 aliphatic carbocycles. The number of ether oxygens (including phenoxy) is 1. The largest absolute Gasteiger partial charge is 0.496 e. The number of carbonyl (C=O) groups is 1. The van der Waals surface area contributed by atoms with Crippen molar-refractivity contribution in [3.8, 4) is 5.75 Å². The zero-order valence-corrected chi connectivity index (χ0v) is 16.0. The van der Waals surface area contributed by atoms with Gasteiger partial charge in [0.1, 0.15) is 5.75 Å². The second-order valence-electron chi connectivity index (χ2n) is 6.98. The minimum absolute atomic E-state index is 0.0877. The molecule has 6 heteroatoms. The highest BCUT2D eigenvalue weighted by atomic mass is 35.5. The van der Waals surface area contributed by atoms with Gasteiger partial charge in [0.05, 0.1) is 25.3 Å². The SMILES string of the molecule is COc1ccccc1CN1N=C2CN(Cc3cccc(Cl)c3)CCC2C1=O. The topological polar surface area (TPSA) is 45.1 Å². The molecule has 5 nitrogen and oxygen atoms in total. The molecule has 140 valence electrons. The second kappa shape index (κ2) is 7.71. The van der Waals surface area contributed by atoms with Crippen molar-refractivity contribution in [3.05, 3.63) is 64.7 Å². The van der Waals surface area contributed by atoms with Gasteiger partial charge in [0.25, 0.3) is 5.91 Å². The monoisotopic (exact) mass is 383 g/mol. The highest BCUT2D eigenvalue weighted by Gasteiger charge is 2.39. The fraction of sp³-hybridized carbons (Fsp3) is 0.333. The van der Waals surface area contributed by atoms with Crippen LogP contribution in [0, 0.1) is 5.92 Å². The summed E-state index contributed by atoms with van der Waals surface area (Å²) < 4.78 is 5.40. The van der Waals surface area contributed by atoms with Gasteiger partial charge in [0, 0.05) is 30.2 Å². The first-order chi connectivity index (χ1) is 13.1. The van der Waals surface area contributed by atoms with E-state index in [0.29, 0.717) is 13.1 Å². The molecule has 0 radical (unpaired) electrons. The molecule has 1 unspecified atom stereocenters. The molecule has 27 heavy (non-hydrogen) atoms. The van der Waals surface area contributed by atoms with Gasteiger partial charge in [-0.05, 0) is 30.2 Å². The fourth-order valence-corrected chi connectivity index (χ4v) is 4.00. The van der Waals surface area contributed by atoms with E-state index in [1.54, 1.807) is 12.1 Å². The summed E-state index contributed by atoms with van der Waals surface area (Å²) in [6, 6.07) is 15.7. The van der Waals surface area contributed by atoms with Crippen LogP contribution < -0.4 is 4.74 Å². The lowest BCUT2D eigenvalue weighted by Gasteiger charge is -2.29. The van der Waals surface area contributed by atoms with E-state index in [4.69, 9.17) is 16.3 Å². The van der Waals surface area contributed by atoms with Crippen molar-refractivity contribution in [1.29, 1.82) is 0 Å². The number of rotatable bonds is 5. The van der Waals surface area contributed by atoms with Gasteiger partial charge in [0.2, 0.25) is 0 Å². The third kappa shape index (κ3) is 3.84. The molecule has 0 aromatic heterocycles. The van der Waals surface area contributed by atoms with Gasteiger partial charge in [-0.1, -0.05) is 41.9 Å². The Morgan fingerprint density at radius 3 is 2.85 bits per heavy atom. The van der Waals surface area contributed by atoms with Gasteiger partial charge >= 0.3 is 0 Å². The van der Waals surface area contributed by atoms with E-state index < -0.39 is 0 Å². The maximum atomic E-state index is 12.8. The zero-order valence-electron chi connectivity index (χ0n) is 15.3. The number of hydrogen-bond donors (Lipinski definition) is 0. The number of hydrogen-bond acceptors (Lipinski definition) is 4. The van der Waals surface area contributed by atoms with E-state index in [1.165, 1.54) is 5.56 Å². The molecule has 0 N–H and O–H groups in total. The van der Waals surface area contributed by atoms with Gasteiger partial charge in [-0.15, -0.1) is 0 Å². The van der Waals surface area contributed by atoms with Crippen LogP contribution in [-0.4, -0.2) is 41.7 Å². The van der Waals surface area contributed by atoms with Crippen LogP contribution in [0.25, 0.3) is 0 Å². The average molecular weight is 384 g/mol. The van der Waals surface area contributed by atoms with E-state index in [1.807, 2.05) is 42.5 Å².